The molecule has 0 spiro atoms. The molecule has 0 unspecified atom stereocenters. The lowest BCUT2D eigenvalue weighted by molar-refractivity contribution is 0.0690. The van der Waals surface area contributed by atoms with Crippen LogP contribution in [0.4, 0.5) is 0 Å². The summed E-state index contributed by atoms with van der Waals surface area (Å²) < 4.78 is 1.77. The van der Waals surface area contributed by atoms with Gasteiger partial charge in [0.2, 0.25) is 0 Å². The first-order valence-corrected chi connectivity index (χ1v) is 5.23. The van der Waals surface area contributed by atoms with Gasteiger partial charge in [-0.2, -0.15) is 5.10 Å². The Kier molecular flexibility index (Phi) is 2.67. The number of aromatic carboxylic acids is 1. The minimum Gasteiger partial charge on any atom is -0.477 e. The Labute approximate surface area is 98.7 Å². The third-order valence-electron chi connectivity index (χ3n) is 2.86. The van der Waals surface area contributed by atoms with Crippen molar-refractivity contribution < 1.29 is 9.90 Å². The van der Waals surface area contributed by atoms with Crippen LogP contribution in [0, 0.1) is 20.8 Å². The number of carboxylic acid groups (broad SMARTS) is 1. The quantitative estimate of drug-likeness (QED) is 0.857. The maximum Gasteiger partial charge on any atom is 0.354 e. The summed E-state index contributed by atoms with van der Waals surface area (Å²) in [4.78, 5) is 14.6. The number of hydrogen-bond acceptors (Lipinski definition) is 3. The lowest BCUT2D eigenvalue weighted by Gasteiger charge is -2.04. The van der Waals surface area contributed by atoms with E-state index in [1.807, 2.05) is 20.8 Å². The first-order chi connectivity index (χ1) is 8.00. The van der Waals surface area contributed by atoms with Crippen LogP contribution in [0.3, 0.4) is 0 Å². The zero-order chi connectivity index (χ0) is 12.6. The van der Waals surface area contributed by atoms with Gasteiger partial charge in [0.05, 0.1) is 17.6 Å². The van der Waals surface area contributed by atoms with Gasteiger partial charge >= 0.3 is 5.97 Å². The third kappa shape index (κ3) is 1.91. The average molecular weight is 231 g/mol. The molecule has 0 amide bonds. The summed E-state index contributed by atoms with van der Waals surface area (Å²) in [6.45, 7) is 5.92. The summed E-state index contributed by atoms with van der Waals surface area (Å²) in [6.07, 6.45) is 1.52. The maximum absolute atomic E-state index is 10.7. The number of aromatic nitrogens is 3. The van der Waals surface area contributed by atoms with E-state index in [1.165, 1.54) is 12.3 Å². The number of hydrogen-bond donors (Lipinski definition) is 1. The van der Waals surface area contributed by atoms with Gasteiger partial charge in [-0.05, 0) is 38.5 Å². The molecule has 17 heavy (non-hydrogen) atoms. The molecule has 2 rings (SSSR count). The molecule has 5 heteroatoms. The largest absolute Gasteiger partial charge is 0.477 e. The molecule has 0 aliphatic carbocycles. The van der Waals surface area contributed by atoms with Gasteiger partial charge in [-0.1, -0.05) is 0 Å². The van der Waals surface area contributed by atoms with Crippen LogP contribution < -0.4 is 0 Å². The molecule has 88 valence electrons. The number of pyridine rings is 1. The third-order valence-corrected chi connectivity index (χ3v) is 2.86. The van der Waals surface area contributed by atoms with Crippen LogP contribution in [0.1, 0.15) is 27.4 Å². The highest BCUT2D eigenvalue weighted by molar-refractivity contribution is 5.85. The van der Waals surface area contributed by atoms with Gasteiger partial charge in [-0.15, -0.1) is 0 Å². The smallest absolute Gasteiger partial charge is 0.354 e. The van der Waals surface area contributed by atoms with Crippen molar-refractivity contribution in [2.45, 2.75) is 20.8 Å². The highest BCUT2D eigenvalue weighted by atomic mass is 16.4. The van der Waals surface area contributed by atoms with Crippen molar-refractivity contribution in [1.82, 2.24) is 14.8 Å². The molecule has 2 aromatic rings. The fourth-order valence-electron chi connectivity index (χ4n) is 1.61. The normalized spacial score (nSPS) is 10.5. The van der Waals surface area contributed by atoms with Crippen molar-refractivity contribution in [1.29, 1.82) is 0 Å². The summed E-state index contributed by atoms with van der Waals surface area (Å²) in [5.41, 5.74) is 3.93. The lowest BCUT2D eigenvalue weighted by Crippen LogP contribution is -2.04. The summed E-state index contributed by atoms with van der Waals surface area (Å²) in [7, 11) is 0. The fraction of sp³-hybridized carbons (Fsp3) is 0.250. The molecule has 0 bridgehead atoms. The van der Waals surface area contributed by atoms with Crippen molar-refractivity contribution in [3.8, 4) is 5.69 Å². The van der Waals surface area contributed by atoms with E-state index in [2.05, 4.69) is 10.1 Å². The summed E-state index contributed by atoms with van der Waals surface area (Å²) in [5, 5.41) is 13.1. The predicted octanol–water partition coefficient (Wildman–Crippen LogP) is 1.89. The van der Waals surface area contributed by atoms with Crippen LogP contribution in [0.15, 0.2) is 18.3 Å². The molecule has 1 N–H and O–H groups in total. The van der Waals surface area contributed by atoms with Crippen molar-refractivity contribution in [2.75, 3.05) is 0 Å². The van der Waals surface area contributed by atoms with Gasteiger partial charge in [0.1, 0.15) is 5.69 Å². The monoisotopic (exact) mass is 231 g/mol. The van der Waals surface area contributed by atoms with Gasteiger partial charge < -0.3 is 5.11 Å². The number of carbonyl (C=O) groups is 1. The molecular formula is C12H13N3O2. The molecule has 2 aromatic heterocycles. The van der Waals surface area contributed by atoms with Crippen LogP contribution in [0.5, 0.6) is 0 Å². The molecule has 0 aromatic carbocycles. The summed E-state index contributed by atoms with van der Waals surface area (Å²) in [6, 6.07) is 3.18. The Morgan fingerprint density at radius 2 is 2.00 bits per heavy atom. The summed E-state index contributed by atoms with van der Waals surface area (Å²) in [5.74, 6) is -1.03. The number of nitrogens with zero attached hydrogens (tertiary/aromatic N) is 3. The zero-order valence-corrected chi connectivity index (χ0v) is 9.93. The van der Waals surface area contributed by atoms with Gasteiger partial charge in [0.25, 0.3) is 0 Å². The van der Waals surface area contributed by atoms with Crippen molar-refractivity contribution in [2.24, 2.45) is 0 Å². The Bertz CT molecular complexity index is 570. The number of rotatable bonds is 2. The maximum atomic E-state index is 10.7. The predicted molar refractivity (Wildman–Crippen MR) is 62.5 cm³/mol. The molecule has 0 aliphatic rings. The molecule has 0 aliphatic heterocycles. The summed E-state index contributed by atoms with van der Waals surface area (Å²) >= 11 is 0. The molecule has 0 atom stereocenters. The van der Waals surface area contributed by atoms with Gasteiger partial charge in [-0.25, -0.2) is 14.5 Å². The van der Waals surface area contributed by atoms with Crippen molar-refractivity contribution in [3.05, 3.63) is 41.0 Å². The van der Waals surface area contributed by atoms with E-state index in [0.29, 0.717) is 0 Å². The highest BCUT2D eigenvalue weighted by Gasteiger charge is 2.10. The molecule has 0 saturated heterocycles. The second-order valence-electron chi connectivity index (χ2n) is 3.91. The Balaban J connectivity index is 2.47. The van der Waals surface area contributed by atoms with Crippen LogP contribution in [-0.4, -0.2) is 25.8 Å². The Morgan fingerprint density at radius 3 is 2.41 bits per heavy atom. The first kappa shape index (κ1) is 11.3. The van der Waals surface area contributed by atoms with E-state index in [4.69, 9.17) is 5.11 Å². The minimum atomic E-state index is -1.03. The highest BCUT2D eigenvalue weighted by Crippen LogP contribution is 2.16. The van der Waals surface area contributed by atoms with Crippen LogP contribution in [0.2, 0.25) is 0 Å². The Hall–Kier alpha value is -2.17. The van der Waals surface area contributed by atoms with Crippen LogP contribution in [0.25, 0.3) is 5.69 Å². The van der Waals surface area contributed by atoms with Crippen LogP contribution in [-0.2, 0) is 0 Å². The SMILES string of the molecule is Cc1nn(-c2ccc(C(=O)O)nc2)c(C)c1C. The topological polar surface area (TPSA) is 68.0 Å². The number of aryl methyl sites for hydroxylation is 1. The second-order valence-corrected chi connectivity index (χ2v) is 3.91. The number of carboxylic acids is 1. The van der Waals surface area contributed by atoms with Gasteiger partial charge in [-0.3, -0.25) is 0 Å². The minimum absolute atomic E-state index is 0.0343. The van der Waals surface area contributed by atoms with Gasteiger partial charge in [0.15, 0.2) is 0 Å². The van der Waals surface area contributed by atoms with Crippen LogP contribution >= 0.6 is 0 Å². The lowest BCUT2D eigenvalue weighted by atomic mass is 10.2. The fourth-order valence-corrected chi connectivity index (χ4v) is 1.61. The van der Waals surface area contributed by atoms with E-state index < -0.39 is 5.97 Å². The molecular weight excluding hydrogens is 218 g/mol. The Morgan fingerprint density at radius 1 is 1.29 bits per heavy atom. The van der Waals surface area contributed by atoms with Crippen molar-refractivity contribution in [3.63, 3.8) is 0 Å². The average Bonchev–Trinajstić information content (AvgIpc) is 2.57. The molecule has 5 nitrogen and oxygen atoms in total. The van der Waals surface area contributed by atoms with E-state index in [-0.39, 0.29) is 5.69 Å². The van der Waals surface area contributed by atoms with E-state index in [9.17, 15) is 4.79 Å². The van der Waals surface area contributed by atoms with E-state index in [0.717, 1.165) is 22.6 Å². The van der Waals surface area contributed by atoms with E-state index >= 15 is 0 Å². The van der Waals surface area contributed by atoms with Gasteiger partial charge in [0, 0.05) is 5.69 Å². The second kappa shape index (κ2) is 4.01. The standard InChI is InChI=1S/C12H13N3O2/c1-7-8(2)14-15(9(7)3)10-4-5-11(12(16)17)13-6-10/h4-6H,1-3H3,(H,16,17). The first-order valence-electron chi connectivity index (χ1n) is 5.23. The molecule has 2 heterocycles. The molecule has 0 fully saturated rings. The molecule has 0 radical (unpaired) electrons. The van der Waals surface area contributed by atoms with Crippen molar-refractivity contribution >= 4 is 5.97 Å². The molecule has 0 saturated carbocycles. The van der Waals surface area contributed by atoms with E-state index in [1.54, 1.807) is 10.7 Å². The zero-order valence-electron chi connectivity index (χ0n) is 9.93.